The molecule has 0 bridgehead atoms. The number of hydrogen-bond donors (Lipinski definition) is 3. The number of aliphatic hydroxyl groups excluding tert-OH is 1. The number of ether oxygens (including phenoxy) is 1. The normalized spacial score (nSPS) is 7.81. The summed E-state index contributed by atoms with van der Waals surface area (Å²) >= 11 is 0. The predicted molar refractivity (Wildman–Crippen MR) is 91.5 cm³/mol. The molecule has 0 aromatic rings. The summed E-state index contributed by atoms with van der Waals surface area (Å²) in [7, 11) is -4.15. The van der Waals surface area contributed by atoms with Gasteiger partial charge in [0.25, 0.3) is 0 Å². The number of rotatable bonds is 6. The van der Waals surface area contributed by atoms with Crippen molar-refractivity contribution >= 4 is 27.9 Å². The van der Waals surface area contributed by atoms with Gasteiger partial charge in [0.05, 0.1) is 6.61 Å². The largest absolute Gasteiger partial charge is 1.00 e. The van der Waals surface area contributed by atoms with Crippen LogP contribution in [0.4, 0.5) is 0 Å². The number of esters is 1. The fourth-order valence-corrected chi connectivity index (χ4v) is 0.351. The molecule has 0 saturated carbocycles. The first-order chi connectivity index (χ1) is 11.4. The minimum atomic E-state index is -4.15. The fraction of sp³-hybridized carbons (Fsp3) is 0.214. The van der Waals surface area contributed by atoms with Crippen molar-refractivity contribution in [3.63, 3.8) is 0 Å². The molecule has 0 radical (unpaired) electrons. The van der Waals surface area contributed by atoms with E-state index in [-0.39, 0.29) is 48.2 Å². The van der Waals surface area contributed by atoms with Crippen LogP contribution in [0, 0.1) is 0 Å². The minimum Gasteiger partial charge on any atom is -0.745 e. The Morgan fingerprint density at radius 3 is 1.62 bits per heavy atom. The van der Waals surface area contributed by atoms with Gasteiger partial charge in [-0.25, -0.2) is 13.2 Å². The van der Waals surface area contributed by atoms with Gasteiger partial charge in [-0.2, -0.15) is 0 Å². The first-order valence-corrected chi connectivity index (χ1v) is 7.73. The summed E-state index contributed by atoms with van der Waals surface area (Å²) in [6, 6.07) is 0. The second kappa shape index (κ2) is 25.5. The van der Waals surface area contributed by atoms with Crippen LogP contribution in [-0.4, -0.2) is 49.2 Å². The Labute approximate surface area is 175 Å². The van der Waals surface area contributed by atoms with E-state index in [1.54, 1.807) is 6.92 Å². The van der Waals surface area contributed by atoms with Crippen LogP contribution in [0.15, 0.2) is 50.0 Å². The number of carbonyl (C=O) groups excluding carboxylic acids is 3. The van der Waals surface area contributed by atoms with E-state index in [1.807, 2.05) is 0 Å². The van der Waals surface area contributed by atoms with Gasteiger partial charge in [-0.3, -0.25) is 9.59 Å². The molecule has 0 unspecified atom stereocenters. The standard InChI is InChI=1S/C5H8O2.C4H7NO2.C3H5NO.C2H4O3S.Na/c1-3-5(6)7-4-2;1-2-4(7)5-3-6;1-2-3(4)5;1-2-6(3,4)5;/h3H,1,4H2,2H3;2,6H,1,3H2,(H,5,7);2H,1H2,(H2,4,5);2H,1H2,(H,3,4,5);/q;;;;+1/p-1. The van der Waals surface area contributed by atoms with Crippen LogP contribution < -0.4 is 40.6 Å². The van der Waals surface area contributed by atoms with Crippen LogP contribution in [0.1, 0.15) is 6.92 Å². The van der Waals surface area contributed by atoms with Crippen LogP contribution in [0.25, 0.3) is 0 Å². The number of aliphatic hydroxyl groups is 1. The summed E-state index contributed by atoms with van der Waals surface area (Å²) in [5, 5.41) is 10.4. The summed E-state index contributed by atoms with van der Waals surface area (Å²) in [6.45, 7) is 14.0. The van der Waals surface area contributed by atoms with Gasteiger partial charge >= 0.3 is 35.5 Å². The third-order valence-electron chi connectivity index (χ3n) is 1.30. The van der Waals surface area contributed by atoms with E-state index >= 15 is 0 Å². The van der Waals surface area contributed by atoms with E-state index in [2.05, 4.69) is 42.1 Å². The Hall–Kier alpha value is -1.76. The quantitative estimate of drug-likeness (QED) is 0.134. The zero-order chi connectivity index (χ0) is 20.9. The number of amides is 2. The molecular formula is C14H23N2NaO8S. The first kappa shape index (κ1) is 35.4. The van der Waals surface area contributed by atoms with Crippen molar-refractivity contribution in [3.05, 3.63) is 50.0 Å². The molecule has 10 nitrogen and oxygen atoms in total. The Kier molecular flexibility index (Phi) is 34.7. The van der Waals surface area contributed by atoms with E-state index in [1.165, 1.54) is 0 Å². The second-order valence-electron chi connectivity index (χ2n) is 3.13. The molecule has 0 aliphatic rings. The Morgan fingerprint density at radius 2 is 1.54 bits per heavy atom. The number of carbonyl (C=O) groups is 3. The number of nitrogens with one attached hydrogen (secondary N) is 1. The van der Waals surface area contributed by atoms with Crippen LogP contribution in [0.5, 0.6) is 0 Å². The predicted octanol–water partition coefficient (Wildman–Crippen LogP) is -3.69. The molecule has 0 aliphatic carbocycles. The molecule has 4 N–H and O–H groups in total. The number of hydrogen-bond acceptors (Lipinski definition) is 8. The van der Waals surface area contributed by atoms with Gasteiger partial charge in [0.2, 0.25) is 11.8 Å². The molecule has 0 aromatic carbocycles. The van der Waals surface area contributed by atoms with Crippen molar-refractivity contribution in [2.24, 2.45) is 5.73 Å². The zero-order valence-electron chi connectivity index (χ0n) is 14.8. The molecule has 0 rings (SSSR count). The number of nitrogens with two attached hydrogens (primary N) is 1. The van der Waals surface area contributed by atoms with Crippen molar-refractivity contribution < 1.29 is 66.8 Å². The molecule has 0 aliphatic heterocycles. The van der Waals surface area contributed by atoms with Crippen LogP contribution >= 0.6 is 0 Å². The maximum absolute atomic E-state index is 10.1. The van der Waals surface area contributed by atoms with Gasteiger partial charge in [0.1, 0.15) is 16.8 Å². The van der Waals surface area contributed by atoms with Crippen molar-refractivity contribution in [2.75, 3.05) is 13.3 Å². The summed E-state index contributed by atoms with van der Waals surface area (Å²) in [6.07, 6.45) is 3.29. The maximum Gasteiger partial charge on any atom is 1.00 e. The second-order valence-corrected chi connectivity index (χ2v) is 4.44. The Morgan fingerprint density at radius 1 is 1.15 bits per heavy atom. The summed E-state index contributed by atoms with van der Waals surface area (Å²) in [5.74, 6) is -1.20. The van der Waals surface area contributed by atoms with E-state index in [9.17, 15) is 27.4 Å². The topological polar surface area (TPSA) is 176 Å². The smallest absolute Gasteiger partial charge is 0.745 e. The van der Waals surface area contributed by atoms with Gasteiger partial charge in [0.15, 0.2) is 0 Å². The molecule has 0 aromatic heterocycles. The Bertz CT molecular complexity index is 514. The molecule has 2 amide bonds. The molecule has 0 spiro atoms. The molecule has 0 fully saturated rings. The molecule has 144 valence electrons. The average Bonchev–Trinajstić information content (AvgIpc) is 2.56. The minimum absolute atomic E-state index is 0. The van der Waals surface area contributed by atoms with Crippen LogP contribution in [0.2, 0.25) is 0 Å². The van der Waals surface area contributed by atoms with Gasteiger partial charge in [-0.05, 0) is 19.1 Å². The summed E-state index contributed by atoms with van der Waals surface area (Å²) in [5.41, 5.74) is 4.53. The van der Waals surface area contributed by atoms with E-state index in [4.69, 9.17) is 5.11 Å². The molecule has 0 saturated heterocycles. The zero-order valence-corrected chi connectivity index (χ0v) is 17.7. The van der Waals surface area contributed by atoms with Crippen molar-refractivity contribution in [3.8, 4) is 0 Å². The molecule has 0 atom stereocenters. The SMILES string of the molecule is C=CC(=O)NCO.C=CC(=O)OCC.C=CC(N)=O.C=CS(=O)(=O)[O-].[Na+]. The fourth-order valence-electron chi connectivity index (χ4n) is 0.351. The molecule has 0 heterocycles. The molecular weight excluding hydrogens is 379 g/mol. The van der Waals surface area contributed by atoms with Crippen LogP contribution in [0.3, 0.4) is 0 Å². The monoisotopic (exact) mass is 402 g/mol. The average molecular weight is 402 g/mol. The Balaban J connectivity index is -0.0000000750. The van der Waals surface area contributed by atoms with Gasteiger partial charge in [-0.1, -0.05) is 26.3 Å². The molecule has 12 heteroatoms. The van der Waals surface area contributed by atoms with Crippen molar-refractivity contribution in [1.29, 1.82) is 0 Å². The third-order valence-corrected chi connectivity index (χ3v) is 1.71. The van der Waals surface area contributed by atoms with E-state index in [0.717, 1.165) is 18.2 Å². The van der Waals surface area contributed by atoms with E-state index in [0.29, 0.717) is 12.0 Å². The summed E-state index contributed by atoms with van der Waals surface area (Å²) in [4.78, 5) is 29.6. The van der Waals surface area contributed by atoms with E-state index < -0.39 is 16.0 Å². The maximum atomic E-state index is 10.1. The van der Waals surface area contributed by atoms with Crippen molar-refractivity contribution in [2.45, 2.75) is 6.92 Å². The first-order valence-electron chi connectivity index (χ1n) is 6.26. The van der Waals surface area contributed by atoms with Gasteiger partial charge < -0.3 is 25.4 Å². The van der Waals surface area contributed by atoms with Crippen LogP contribution in [-0.2, 0) is 29.2 Å². The number of primary amides is 1. The van der Waals surface area contributed by atoms with Gasteiger partial charge in [-0.15, -0.1) is 0 Å². The van der Waals surface area contributed by atoms with Gasteiger partial charge in [0, 0.05) is 11.5 Å². The third kappa shape index (κ3) is 57.2. The van der Waals surface area contributed by atoms with Crippen molar-refractivity contribution in [1.82, 2.24) is 5.32 Å². The summed E-state index contributed by atoms with van der Waals surface area (Å²) < 4.78 is 32.4. The molecule has 26 heavy (non-hydrogen) atoms.